The summed E-state index contributed by atoms with van der Waals surface area (Å²) in [6.07, 6.45) is -4.71. The third-order valence-corrected chi connectivity index (χ3v) is 3.12. The number of benzene rings is 1. The van der Waals surface area contributed by atoms with Crippen LogP contribution in [0.4, 0.5) is 13.2 Å². The normalized spacial score (nSPS) is 11.6. The molecule has 2 rings (SSSR count). The number of thiazole rings is 1. The number of alkyl halides is 3. The molecule has 0 fully saturated rings. The van der Waals surface area contributed by atoms with E-state index in [4.69, 9.17) is 0 Å². The van der Waals surface area contributed by atoms with E-state index in [-0.39, 0.29) is 17.2 Å². The molecule has 108 valence electrons. The Morgan fingerprint density at radius 2 is 2.00 bits per heavy atom. The maximum absolute atomic E-state index is 12.2. The van der Waals surface area contributed by atoms with Gasteiger partial charge in [-0.05, 0) is 6.07 Å². The highest BCUT2D eigenvalue weighted by molar-refractivity contribution is 7.07. The lowest BCUT2D eigenvalue weighted by Crippen LogP contribution is -2.20. The topological polar surface area (TPSA) is 54.1 Å². The van der Waals surface area contributed by atoms with Gasteiger partial charge in [-0.2, -0.15) is 0 Å². The first-order valence-electron chi connectivity index (χ1n) is 5.65. The van der Waals surface area contributed by atoms with Crippen LogP contribution in [0.5, 0.6) is 5.75 Å². The van der Waals surface area contributed by atoms with Crippen molar-refractivity contribution in [3.8, 4) is 5.75 Å². The zero-order valence-electron chi connectivity index (χ0n) is 10.2. The van der Waals surface area contributed by atoms with Crippen molar-refractivity contribution in [1.82, 2.24) is 10.3 Å². The van der Waals surface area contributed by atoms with Gasteiger partial charge in [-0.3, -0.25) is 4.79 Å². The molecule has 0 aliphatic heterocycles. The van der Waals surface area contributed by atoms with Gasteiger partial charge in [0.25, 0.3) is 0 Å². The molecule has 0 spiro atoms. The number of hydrogen-bond acceptors (Lipinski definition) is 4. The van der Waals surface area contributed by atoms with E-state index in [9.17, 15) is 18.0 Å². The molecule has 0 unspecified atom stereocenters. The fraction of sp³-hybridized carbons (Fsp3) is 0.250. The number of H-pyrrole nitrogens is 1. The monoisotopic (exact) mass is 304 g/mol. The first-order valence-corrected chi connectivity index (χ1v) is 6.53. The highest BCUT2D eigenvalue weighted by Gasteiger charge is 2.31. The van der Waals surface area contributed by atoms with E-state index in [1.165, 1.54) is 12.1 Å². The molecular weight excluding hydrogens is 293 g/mol. The van der Waals surface area contributed by atoms with E-state index in [1.807, 2.05) is 0 Å². The summed E-state index contributed by atoms with van der Waals surface area (Å²) >= 11 is 1.04. The van der Waals surface area contributed by atoms with Crippen molar-refractivity contribution in [2.75, 3.05) is 0 Å². The van der Waals surface area contributed by atoms with Crippen molar-refractivity contribution in [1.29, 1.82) is 0 Å². The highest BCUT2D eigenvalue weighted by Crippen LogP contribution is 2.26. The fourth-order valence-corrected chi connectivity index (χ4v) is 2.19. The summed E-state index contributed by atoms with van der Waals surface area (Å²) in [5, 5.41) is 4.61. The van der Waals surface area contributed by atoms with Crippen LogP contribution in [0.3, 0.4) is 0 Å². The molecule has 0 bridgehead atoms. The van der Waals surface area contributed by atoms with Crippen LogP contribution in [-0.4, -0.2) is 11.3 Å². The van der Waals surface area contributed by atoms with Crippen molar-refractivity contribution >= 4 is 11.3 Å². The number of hydrogen-bond donors (Lipinski definition) is 2. The average Bonchev–Trinajstić information content (AvgIpc) is 2.75. The maximum atomic E-state index is 12.2. The Labute approximate surface area is 116 Å². The third kappa shape index (κ3) is 4.39. The van der Waals surface area contributed by atoms with E-state index in [0.29, 0.717) is 17.8 Å². The molecule has 0 amide bonds. The average molecular weight is 304 g/mol. The second-order valence-electron chi connectivity index (χ2n) is 3.93. The van der Waals surface area contributed by atoms with Crippen molar-refractivity contribution in [3.63, 3.8) is 0 Å². The van der Waals surface area contributed by atoms with E-state index in [0.717, 1.165) is 11.3 Å². The van der Waals surface area contributed by atoms with Gasteiger partial charge in [-0.15, -0.1) is 13.2 Å². The molecule has 2 aromatic rings. The molecule has 8 heteroatoms. The minimum atomic E-state index is -4.71. The summed E-state index contributed by atoms with van der Waals surface area (Å²) in [5.74, 6) is -0.230. The van der Waals surface area contributed by atoms with Gasteiger partial charge in [0.1, 0.15) is 5.75 Å². The number of ether oxygens (including phenoxy) is 1. The summed E-state index contributed by atoms with van der Waals surface area (Å²) in [7, 11) is 0. The molecule has 2 N–H and O–H groups in total. The molecule has 4 nitrogen and oxygen atoms in total. The van der Waals surface area contributed by atoms with Crippen LogP contribution in [0.15, 0.2) is 34.4 Å². The van der Waals surface area contributed by atoms with E-state index >= 15 is 0 Å². The van der Waals surface area contributed by atoms with Crippen LogP contribution in [0, 0.1) is 0 Å². The van der Waals surface area contributed by atoms with Gasteiger partial charge in [0, 0.05) is 29.7 Å². The van der Waals surface area contributed by atoms with Crippen molar-refractivity contribution in [3.05, 3.63) is 50.6 Å². The number of aromatic nitrogens is 1. The maximum Gasteiger partial charge on any atom is 0.573 e. The molecular formula is C12H11F3N2O2S. The predicted octanol–water partition coefficient (Wildman–Crippen LogP) is 2.62. The summed E-state index contributed by atoms with van der Waals surface area (Å²) in [6.45, 7) is 0.559. The molecule has 0 saturated heterocycles. The van der Waals surface area contributed by atoms with Crippen molar-refractivity contribution in [2.45, 2.75) is 19.5 Å². The Kier molecular flexibility index (Phi) is 4.46. The van der Waals surface area contributed by atoms with Crippen molar-refractivity contribution in [2.24, 2.45) is 0 Å². The van der Waals surface area contributed by atoms with Gasteiger partial charge in [0.15, 0.2) is 0 Å². The molecule has 1 aromatic heterocycles. The second kappa shape index (κ2) is 6.10. The summed E-state index contributed by atoms with van der Waals surface area (Å²) in [6, 6.07) is 5.91. The Morgan fingerprint density at radius 3 is 2.65 bits per heavy atom. The van der Waals surface area contributed by atoms with Crippen LogP contribution >= 0.6 is 11.3 Å². The second-order valence-corrected chi connectivity index (χ2v) is 4.77. The van der Waals surface area contributed by atoms with Gasteiger partial charge in [-0.1, -0.05) is 29.5 Å². The predicted molar refractivity (Wildman–Crippen MR) is 68.6 cm³/mol. The van der Waals surface area contributed by atoms with E-state index in [1.54, 1.807) is 17.5 Å². The van der Waals surface area contributed by atoms with Crippen LogP contribution in [0.25, 0.3) is 0 Å². The van der Waals surface area contributed by atoms with Gasteiger partial charge in [0.05, 0.1) is 0 Å². The molecule has 20 heavy (non-hydrogen) atoms. The quantitative estimate of drug-likeness (QED) is 0.893. The number of para-hydroxylation sites is 1. The zero-order chi connectivity index (χ0) is 14.6. The number of rotatable bonds is 5. The Bertz CT molecular complexity index is 621. The Morgan fingerprint density at radius 1 is 1.25 bits per heavy atom. The van der Waals surface area contributed by atoms with Crippen molar-refractivity contribution < 1.29 is 17.9 Å². The lowest BCUT2D eigenvalue weighted by Gasteiger charge is -2.13. The Balaban J connectivity index is 1.97. The SMILES string of the molecule is O=c1[nH]c(CNCc2ccccc2OC(F)(F)F)cs1. The van der Waals surface area contributed by atoms with Gasteiger partial charge in [-0.25, -0.2) is 0 Å². The standard InChI is InChI=1S/C12H11F3N2O2S/c13-12(14,15)19-10-4-2-1-3-8(10)5-16-6-9-7-20-11(18)17-9/h1-4,7,16H,5-6H2,(H,17,18). The largest absolute Gasteiger partial charge is 0.573 e. The molecule has 1 aromatic carbocycles. The van der Waals surface area contributed by atoms with Crippen LogP contribution in [-0.2, 0) is 13.1 Å². The number of nitrogens with one attached hydrogen (secondary N) is 2. The number of halogens is 3. The minimum absolute atomic E-state index is 0.164. The smallest absolute Gasteiger partial charge is 0.405 e. The van der Waals surface area contributed by atoms with E-state index in [2.05, 4.69) is 15.0 Å². The van der Waals surface area contributed by atoms with Gasteiger partial charge < -0.3 is 15.0 Å². The molecule has 0 saturated carbocycles. The first-order chi connectivity index (χ1) is 9.44. The van der Waals surface area contributed by atoms with Gasteiger partial charge in [0.2, 0.25) is 0 Å². The summed E-state index contributed by atoms with van der Waals surface area (Å²) < 4.78 is 40.6. The minimum Gasteiger partial charge on any atom is -0.405 e. The summed E-state index contributed by atoms with van der Waals surface area (Å²) in [5.41, 5.74) is 1.08. The first kappa shape index (κ1) is 14.6. The lowest BCUT2D eigenvalue weighted by atomic mass is 10.2. The molecule has 0 aliphatic carbocycles. The van der Waals surface area contributed by atoms with Gasteiger partial charge >= 0.3 is 11.2 Å². The fourth-order valence-electron chi connectivity index (χ4n) is 1.61. The van der Waals surface area contributed by atoms with Crippen LogP contribution in [0.2, 0.25) is 0 Å². The molecule has 1 heterocycles. The summed E-state index contributed by atoms with van der Waals surface area (Å²) in [4.78, 5) is 13.4. The highest BCUT2D eigenvalue weighted by atomic mass is 32.1. The molecule has 0 aliphatic rings. The Hall–Kier alpha value is -1.80. The van der Waals surface area contributed by atoms with E-state index < -0.39 is 6.36 Å². The van der Waals surface area contributed by atoms with Crippen LogP contribution in [0.1, 0.15) is 11.3 Å². The van der Waals surface area contributed by atoms with Crippen LogP contribution < -0.4 is 14.9 Å². The molecule has 0 atom stereocenters. The number of aromatic amines is 1. The third-order valence-electron chi connectivity index (χ3n) is 2.40. The lowest BCUT2D eigenvalue weighted by molar-refractivity contribution is -0.274. The molecule has 0 radical (unpaired) electrons. The zero-order valence-corrected chi connectivity index (χ0v) is 11.0.